The van der Waals surface area contributed by atoms with Crippen molar-refractivity contribution >= 4 is 5.78 Å². The van der Waals surface area contributed by atoms with E-state index in [0.717, 1.165) is 13.0 Å². The van der Waals surface area contributed by atoms with Gasteiger partial charge in [0.05, 0.1) is 6.61 Å². The lowest BCUT2D eigenvalue weighted by molar-refractivity contribution is -0.133. The van der Waals surface area contributed by atoms with Crippen LogP contribution in [0.5, 0.6) is 0 Å². The number of carbonyl (C=O) groups is 1. The zero-order valence-electron chi connectivity index (χ0n) is 7.71. The van der Waals surface area contributed by atoms with Crippen LogP contribution in [-0.2, 0) is 14.3 Å². The van der Waals surface area contributed by atoms with E-state index in [1.807, 2.05) is 13.8 Å². The molecule has 1 aliphatic heterocycles. The van der Waals surface area contributed by atoms with Gasteiger partial charge in [0.25, 0.3) is 0 Å². The molecule has 0 aromatic carbocycles. The van der Waals surface area contributed by atoms with Crippen LogP contribution in [0.3, 0.4) is 0 Å². The van der Waals surface area contributed by atoms with Crippen LogP contribution in [0.2, 0.25) is 0 Å². The van der Waals surface area contributed by atoms with Crippen LogP contribution in [0, 0.1) is 5.92 Å². The molecule has 3 nitrogen and oxygen atoms in total. The molecule has 2 atom stereocenters. The van der Waals surface area contributed by atoms with Gasteiger partial charge in [-0.3, -0.25) is 4.79 Å². The molecule has 1 heterocycles. The van der Waals surface area contributed by atoms with E-state index in [-0.39, 0.29) is 17.8 Å². The molecule has 1 aliphatic rings. The van der Waals surface area contributed by atoms with Gasteiger partial charge >= 0.3 is 0 Å². The van der Waals surface area contributed by atoms with Gasteiger partial charge in [-0.25, -0.2) is 0 Å². The van der Waals surface area contributed by atoms with Crippen molar-refractivity contribution in [2.75, 3.05) is 19.8 Å². The van der Waals surface area contributed by atoms with E-state index in [0.29, 0.717) is 13.2 Å². The summed E-state index contributed by atoms with van der Waals surface area (Å²) in [6.45, 7) is 5.60. The van der Waals surface area contributed by atoms with Crippen LogP contribution in [0.25, 0.3) is 0 Å². The lowest BCUT2D eigenvalue weighted by Gasteiger charge is -2.13. The lowest BCUT2D eigenvalue weighted by Crippen LogP contribution is -2.28. The van der Waals surface area contributed by atoms with Crippen molar-refractivity contribution in [2.24, 2.45) is 5.92 Å². The van der Waals surface area contributed by atoms with Crippen molar-refractivity contribution in [3.63, 3.8) is 0 Å². The first-order valence-corrected chi connectivity index (χ1v) is 4.48. The Morgan fingerprint density at radius 1 is 1.75 bits per heavy atom. The van der Waals surface area contributed by atoms with E-state index in [1.165, 1.54) is 0 Å². The van der Waals surface area contributed by atoms with Gasteiger partial charge in [-0.2, -0.15) is 0 Å². The third-order valence-electron chi connectivity index (χ3n) is 2.15. The molecule has 0 aliphatic carbocycles. The summed E-state index contributed by atoms with van der Waals surface area (Å²) in [6, 6.07) is 0. The van der Waals surface area contributed by atoms with Crippen molar-refractivity contribution in [3.8, 4) is 0 Å². The summed E-state index contributed by atoms with van der Waals surface area (Å²) in [5.74, 6) is 0.265. The van der Waals surface area contributed by atoms with Gasteiger partial charge in [0.1, 0.15) is 6.10 Å². The number of rotatable bonds is 4. The Balaban J connectivity index is 2.34. The second-order valence-electron chi connectivity index (χ2n) is 3.06. The van der Waals surface area contributed by atoms with Crippen molar-refractivity contribution in [2.45, 2.75) is 26.4 Å². The number of Topliss-reactive ketones (excluding diaryl/α,β-unsaturated/α-hetero) is 1. The van der Waals surface area contributed by atoms with Crippen molar-refractivity contribution in [1.82, 2.24) is 0 Å². The van der Waals surface area contributed by atoms with E-state index >= 15 is 0 Å². The fraction of sp³-hybridized carbons (Fsp3) is 0.889. The Labute approximate surface area is 73.0 Å². The van der Waals surface area contributed by atoms with Crippen molar-refractivity contribution < 1.29 is 14.3 Å². The fourth-order valence-electron chi connectivity index (χ4n) is 1.42. The zero-order valence-corrected chi connectivity index (χ0v) is 7.71. The summed E-state index contributed by atoms with van der Waals surface area (Å²) < 4.78 is 10.3. The molecule has 70 valence electrons. The first-order valence-electron chi connectivity index (χ1n) is 4.48. The van der Waals surface area contributed by atoms with Gasteiger partial charge in [0.15, 0.2) is 5.78 Å². The fourth-order valence-corrected chi connectivity index (χ4v) is 1.42. The lowest BCUT2D eigenvalue weighted by atomic mass is 10.00. The summed E-state index contributed by atoms with van der Waals surface area (Å²) in [6.07, 6.45) is 0.595. The van der Waals surface area contributed by atoms with E-state index in [4.69, 9.17) is 9.47 Å². The van der Waals surface area contributed by atoms with Gasteiger partial charge in [0.2, 0.25) is 0 Å². The summed E-state index contributed by atoms with van der Waals surface area (Å²) in [4.78, 5) is 11.5. The third kappa shape index (κ3) is 2.29. The molecular weight excluding hydrogens is 156 g/mol. The van der Waals surface area contributed by atoms with Crippen LogP contribution in [-0.4, -0.2) is 31.7 Å². The minimum absolute atomic E-state index is 0.0755. The minimum Gasteiger partial charge on any atom is -0.381 e. The number of ketones is 1. The van der Waals surface area contributed by atoms with Crippen molar-refractivity contribution in [1.29, 1.82) is 0 Å². The molecule has 0 amide bonds. The first-order chi connectivity index (χ1) is 5.75. The smallest absolute Gasteiger partial charge is 0.166 e. The highest BCUT2D eigenvalue weighted by Crippen LogP contribution is 2.16. The number of hydrogen-bond donors (Lipinski definition) is 0. The van der Waals surface area contributed by atoms with E-state index < -0.39 is 0 Å². The predicted octanol–water partition coefficient (Wildman–Crippen LogP) is 1.02. The Morgan fingerprint density at radius 2 is 2.50 bits per heavy atom. The molecule has 3 heteroatoms. The number of carbonyl (C=O) groups excluding carboxylic acids is 1. The second-order valence-corrected chi connectivity index (χ2v) is 3.06. The molecule has 1 saturated heterocycles. The third-order valence-corrected chi connectivity index (χ3v) is 2.15. The van der Waals surface area contributed by atoms with Gasteiger partial charge < -0.3 is 9.47 Å². The van der Waals surface area contributed by atoms with Gasteiger partial charge in [-0.05, 0) is 20.3 Å². The van der Waals surface area contributed by atoms with Gasteiger partial charge in [-0.15, -0.1) is 0 Å². The maximum Gasteiger partial charge on any atom is 0.166 e. The topological polar surface area (TPSA) is 35.5 Å². The zero-order chi connectivity index (χ0) is 8.97. The highest BCUT2D eigenvalue weighted by Gasteiger charge is 2.27. The Hall–Kier alpha value is -0.410. The quantitative estimate of drug-likeness (QED) is 0.635. The molecule has 0 bridgehead atoms. The van der Waals surface area contributed by atoms with Crippen LogP contribution in [0.15, 0.2) is 0 Å². The minimum atomic E-state index is -0.262. The van der Waals surface area contributed by atoms with E-state index in [2.05, 4.69) is 0 Å². The molecule has 12 heavy (non-hydrogen) atoms. The van der Waals surface area contributed by atoms with E-state index in [9.17, 15) is 4.79 Å². The van der Waals surface area contributed by atoms with Gasteiger partial charge in [-0.1, -0.05) is 0 Å². The first kappa shape index (κ1) is 9.68. The number of ether oxygens (including phenoxy) is 2. The summed E-state index contributed by atoms with van der Waals surface area (Å²) in [7, 11) is 0. The molecule has 1 fully saturated rings. The molecule has 0 N–H and O–H groups in total. The molecule has 0 radical (unpaired) electrons. The standard InChI is InChI=1S/C9H16O3/c1-3-12-7(2)9(10)8-4-5-11-6-8/h7-8H,3-6H2,1-2H3. The summed E-state index contributed by atoms with van der Waals surface area (Å²) in [5.41, 5.74) is 0. The Kier molecular flexibility index (Phi) is 3.69. The summed E-state index contributed by atoms with van der Waals surface area (Å²) >= 11 is 0. The molecule has 0 spiro atoms. The van der Waals surface area contributed by atoms with Crippen LogP contribution < -0.4 is 0 Å². The molecule has 1 rings (SSSR count). The normalized spacial score (nSPS) is 25.7. The van der Waals surface area contributed by atoms with E-state index in [1.54, 1.807) is 0 Å². The molecule has 0 aromatic rings. The maximum absolute atomic E-state index is 11.5. The monoisotopic (exact) mass is 172 g/mol. The van der Waals surface area contributed by atoms with Crippen molar-refractivity contribution in [3.05, 3.63) is 0 Å². The predicted molar refractivity (Wildman–Crippen MR) is 45.0 cm³/mol. The van der Waals surface area contributed by atoms with Gasteiger partial charge in [0, 0.05) is 19.1 Å². The molecular formula is C9H16O3. The highest BCUT2D eigenvalue weighted by atomic mass is 16.5. The van der Waals surface area contributed by atoms with Crippen LogP contribution in [0.4, 0.5) is 0 Å². The molecule has 0 aromatic heterocycles. The molecule has 2 unspecified atom stereocenters. The Morgan fingerprint density at radius 3 is 3.00 bits per heavy atom. The largest absolute Gasteiger partial charge is 0.381 e. The molecule has 0 saturated carbocycles. The SMILES string of the molecule is CCOC(C)C(=O)C1CCOC1. The number of hydrogen-bond acceptors (Lipinski definition) is 3. The maximum atomic E-state index is 11.5. The second kappa shape index (κ2) is 4.58. The summed E-state index contributed by atoms with van der Waals surface area (Å²) in [5, 5.41) is 0. The highest BCUT2D eigenvalue weighted by molar-refractivity contribution is 5.85. The van der Waals surface area contributed by atoms with Crippen LogP contribution in [0.1, 0.15) is 20.3 Å². The average Bonchev–Trinajstić information content (AvgIpc) is 2.55. The van der Waals surface area contributed by atoms with Crippen LogP contribution >= 0.6 is 0 Å². The Bertz CT molecular complexity index is 150. The average molecular weight is 172 g/mol.